The third-order valence-electron chi connectivity index (χ3n) is 3.94. The molecular weight excluding hydrogens is 236 g/mol. The summed E-state index contributed by atoms with van der Waals surface area (Å²) in [7, 11) is -1.43. The van der Waals surface area contributed by atoms with Gasteiger partial charge in [-0.1, -0.05) is 37.3 Å². The Labute approximate surface area is 113 Å². The van der Waals surface area contributed by atoms with E-state index in [1.54, 1.807) is 0 Å². The van der Waals surface area contributed by atoms with Crippen LogP contribution in [0.1, 0.15) is 38.2 Å². The highest BCUT2D eigenvalue weighted by Crippen LogP contribution is 2.56. The van der Waals surface area contributed by atoms with E-state index in [-0.39, 0.29) is 5.60 Å². The Morgan fingerprint density at radius 3 is 2.39 bits per heavy atom. The topological polar surface area (TPSA) is 9.23 Å². The van der Waals surface area contributed by atoms with Crippen LogP contribution in [0.5, 0.6) is 0 Å². The smallest absolute Gasteiger partial charge is 0.184 e. The minimum absolute atomic E-state index is 0.140. The fraction of sp³-hybridized carbons (Fsp3) is 0.625. The van der Waals surface area contributed by atoms with Crippen LogP contribution in [-0.2, 0) is 4.43 Å². The lowest BCUT2D eigenvalue weighted by atomic mass is 9.90. The van der Waals surface area contributed by atoms with E-state index in [0.717, 1.165) is 0 Å². The summed E-state index contributed by atoms with van der Waals surface area (Å²) in [5, 5.41) is 0. The first-order chi connectivity index (χ1) is 8.36. The fourth-order valence-electron chi connectivity index (χ4n) is 3.22. The van der Waals surface area contributed by atoms with Gasteiger partial charge < -0.3 is 4.43 Å². The zero-order valence-electron chi connectivity index (χ0n) is 12.4. The number of hydrogen-bond donors (Lipinski definition) is 0. The first-order valence-electron chi connectivity index (χ1n) is 7.11. The summed E-state index contributed by atoms with van der Waals surface area (Å²) in [6, 6.07) is 10.9. The summed E-state index contributed by atoms with van der Waals surface area (Å²) in [6.07, 6.45) is 2.43. The molecule has 1 aliphatic carbocycles. The molecule has 0 N–H and O–H groups in total. The first kappa shape index (κ1) is 13.8. The average Bonchev–Trinajstić information content (AvgIpc) is 2.89. The third kappa shape index (κ3) is 3.04. The van der Waals surface area contributed by atoms with Gasteiger partial charge in [0, 0.05) is 0 Å². The van der Waals surface area contributed by atoms with Crippen LogP contribution < -0.4 is 0 Å². The molecule has 0 bridgehead atoms. The van der Waals surface area contributed by atoms with Crippen molar-refractivity contribution in [2.24, 2.45) is 5.92 Å². The Hall–Kier alpha value is -0.603. The molecule has 0 amide bonds. The molecule has 1 aromatic carbocycles. The highest BCUT2D eigenvalue weighted by Gasteiger charge is 2.56. The molecule has 1 saturated carbocycles. The molecule has 1 aliphatic rings. The summed E-state index contributed by atoms with van der Waals surface area (Å²) < 4.78 is 6.39. The van der Waals surface area contributed by atoms with E-state index < -0.39 is 8.32 Å². The zero-order valence-corrected chi connectivity index (χ0v) is 13.4. The van der Waals surface area contributed by atoms with Crippen LogP contribution in [0, 0.1) is 5.92 Å². The van der Waals surface area contributed by atoms with Gasteiger partial charge in [-0.15, -0.1) is 0 Å². The van der Waals surface area contributed by atoms with Gasteiger partial charge in [-0.05, 0) is 56.8 Å². The Bertz CT molecular complexity index is 395. The van der Waals surface area contributed by atoms with Gasteiger partial charge in [-0.2, -0.15) is 0 Å². The molecule has 3 atom stereocenters. The number of rotatable bonds is 5. The molecule has 2 rings (SSSR count). The SMILES string of the molecule is CC[C@@H](c1ccccc1)C1CC1(C)O[Si](C)(C)C. The quantitative estimate of drug-likeness (QED) is 0.692. The molecule has 1 nitrogen and oxygen atoms in total. The molecule has 0 spiro atoms. The molecular formula is C16H26OSi. The molecule has 100 valence electrons. The monoisotopic (exact) mass is 262 g/mol. The molecule has 18 heavy (non-hydrogen) atoms. The van der Waals surface area contributed by atoms with Crippen molar-refractivity contribution in [1.29, 1.82) is 0 Å². The standard InChI is InChI=1S/C16H26OSi/c1-6-14(13-10-8-7-9-11-13)15-12-16(15,2)17-18(3,4)5/h7-11,14-15H,6,12H2,1-5H3/t14-,15?,16?/m0/s1. The molecule has 0 heterocycles. The summed E-state index contributed by atoms with van der Waals surface area (Å²) in [6.45, 7) is 11.5. The summed E-state index contributed by atoms with van der Waals surface area (Å²) in [5.74, 6) is 1.36. The lowest BCUT2D eigenvalue weighted by Crippen LogP contribution is -2.33. The van der Waals surface area contributed by atoms with E-state index in [4.69, 9.17) is 4.43 Å². The van der Waals surface area contributed by atoms with Crippen LogP contribution in [-0.4, -0.2) is 13.9 Å². The number of benzene rings is 1. The Morgan fingerprint density at radius 2 is 1.89 bits per heavy atom. The van der Waals surface area contributed by atoms with Crippen molar-refractivity contribution >= 4 is 8.32 Å². The molecule has 0 saturated heterocycles. The van der Waals surface area contributed by atoms with Crippen LogP contribution in [0.25, 0.3) is 0 Å². The molecule has 0 aromatic heterocycles. The van der Waals surface area contributed by atoms with Crippen molar-refractivity contribution in [3.8, 4) is 0 Å². The molecule has 1 fully saturated rings. The van der Waals surface area contributed by atoms with E-state index in [2.05, 4.69) is 63.8 Å². The van der Waals surface area contributed by atoms with E-state index in [0.29, 0.717) is 11.8 Å². The first-order valence-corrected chi connectivity index (χ1v) is 10.5. The highest BCUT2D eigenvalue weighted by molar-refractivity contribution is 6.69. The van der Waals surface area contributed by atoms with Crippen LogP contribution in [0.15, 0.2) is 30.3 Å². The maximum absolute atomic E-state index is 6.39. The summed E-state index contributed by atoms with van der Waals surface area (Å²) in [5.41, 5.74) is 1.62. The second-order valence-electron chi connectivity index (χ2n) is 6.76. The largest absolute Gasteiger partial charge is 0.412 e. The summed E-state index contributed by atoms with van der Waals surface area (Å²) >= 11 is 0. The van der Waals surface area contributed by atoms with Crippen LogP contribution in [0.2, 0.25) is 19.6 Å². The Kier molecular flexibility index (Phi) is 3.70. The van der Waals surface area contributed by atoms with Gasteiger partial charge in [0.2, 0.25) is 0 Å². The molecule has 0 radical (unpaired) electrons. The van der Waals surface area contributed by atoms with E-state index in [1.807, 2.05) is 0 Å². The fourth-order valence-corrected chi connectivity index (χ4v) is 4.85. The predicted molar refractivity (Wildman–Crippen MR) is 80.4 cm³/mol. The second-order valence-corrected chi connectivity index (χ2v) is 11.2. The molecule has 2 heteroatoms. The van der Waals surface area contributed by atoms with Crippen molar-refractivity contribution in [2.75, 3.05) is 0 Å². The normalized spacial score (nSPS) is 29.1. The number of hydrogen-bond acceptors (Lipinski definition) is 1. The average molecular weight is 262 g/mol. The molecule has 0 aliphatic heterocycles. The van der Waals surface area contributed by atoms with Crippen molar-refractivity contribution in [3.05, 3.63) is 35.9 Å². The van der Waals surface area contributed by atoms with Gasteiger partial charge in [0.25, 0.3) is 0 Å². The Balaban J connectivity index is 2.09. The van der Waals surface area contributed by atoms with Gasteiger partial charge in [0.05, 0.1) is 5.60 Å². The van der Waals surface area contributed by atoms with Crippen molar-refractivity contribution in [2.45, 2.75) is 57.8 Å². The Morgan fingerprint density at radius 1 is 1.28 bits per heavy atom. The van der Waals surface area contributed by atoms with Gasteiger partial charge in [0.15, 0.2) is 8.32 Å². The van der Waals surface area contributed by atoms with Crippen LogP contribution in [0.3, 0.4) is 0 Å². The zero-order chi connectivity index (χ0) is 13.4. The van der Waals surface area contributed by atoms with Gasteiger partial charge in [-0.25, -0.2) is 0 Å². The van der Waals surface area contributed by atoms with Crippen LogP contribution in [0.4, 0.5) is 0 Å². The van der Waals surface area contributed by atoms with Crippen molar-refractivity contribution < 1.29 is 4.43 Å². The van der Waals surface area contributed by atoms with Crippen molar-refractivity contribution in [1.82, 2.24) is 0 Å². The van der Waals surface area contributed by atoms with E-state index >= 15 is 0 Å². The van der Waals surface area contributed by atoms with Crippen LogP contribution >= 0.6 is 0 Å². The lowest BCUT2D eigenvalue weighted by Gasteiger charge is -2.26. The molecule has 2 unspecified atom stereocenters. The predicted octanol–water partition coefficient (Wildman–Crippen LogP) is 4.81. The van der Waals surface area contributed by atoms with Crippen molar-refractivity contribution in [3.63, 3.8) is 0 Å². The summed E-state index contributed by atoms with van der Waals surface area (Å²) in [4.78, 5) is 0. The lowest BCUT2D eigenvalue weighted by molar-refractivity contribution is 0.164. The van der Waals surface area contributed by atoms with Gasteiger partial charge >= 0.3 is 0 Å². The maximum Gasteiger partial charge on any atom is 0.184 e. The van der Waals surface area contributed by atoms with E-state index in [9.17, 15) is 0 Å². The molecule has 1 aromatic rings. The highest BCUT2D eigenvalue weighted by atomic mass is 28.4. The third-order valence-corrected chi connectivity index (χ3v) is 5.02. The maximum atomic E-state index is 6.39. The minimum Gasteiger partial charge on any atom is -0.412 e. The minimum atomic E-state index is -1.43. The van der Waals surface area contributed by atoms with Gasteiger partial charge in [-0.3, -0.25) is 0 Å². The van der Waals surface area contributed by atoms with Gasteiger partial charge in [0.1, 0.15) is 0 Å². The second kappa shape index (κ2) is 4.82. The van der Waals surface area contributed by atoms with E-state index in [1.165, 1.54) is 18.4 Å².